The first kappa shape index (κ1) is 21.3. The fraction of sp³-hybridized carbons (Fsp3) is 0.0435. The predicted octanol–water partition coefficient (Wildman–Crippen LogP) is 3.22. The van der Waals surface area contributed by atoms with Crippen molar-refractivity contribution in [3.63, 3.8) is 0 Å². The van der Waals surface area contributed by atoms with Gasteiger partial charge in [-0.05, 0) is 41.5 Å². The molecule has 0 bridgehead atoms. The second-order valence-electron chi connectivity index (χ2n) is 7.01. The second-order valence-corrected chi connectivity index (χ2v) is 8.16. The van der Waals surface area contributed by atoms with E-state index >= 15 is 0 Å². The van der Waals surface area contributed by atoms with Crippen LogP contribution in [0.1, 0.15) is 5.56 Å². The number of amides is 1. The van der Waals surface area contributed by atoms with Crippen LogP contribution < -0.4 is 20.3 Å². The van der Waals surface area contributed by atoms with Gasteiger partial charge in [-0.2, -0.15) is 13.6 Å². The Bertz CT molecular complexity index is 1450. The largest absolute Gasteiger partial charge is 0.422 e. The summed E-state index contributed by atoms with van der Waals surface area (Å²) in [6, 6.07) is 22.1. The number of hydrogen-bond acceptors (Lipinski definition) is 6. The van der Waals surface area contributed by atoms with Crippen LogP contribution in [0.25, 0.3) is 22.1 Å². The van der Waals surface area contributed by atoms with Crippen LogP contribution in [0, 0.1) is 0 Å². The van der Waals surface area contributed by atoms with Crippen molar-refractivity contribution >= 4 is 32.9 Å². The molecule has 1 amide bonds. The number of carbonyl (C=O) groups excluding carboxylic acids is 1. The maximum Gasteiger partial charge on any atom is 0.380 e. The van der Waals surface area contributed by atoms with Gasteiger partial charge in [0.1, 0.15) is 11.3 Å². The highest BCUT2D eigenvalue weighted by atomic mass is 32.2. The Kier molecular flexibility index (Phi) is 5.76. The van der Waals surface area contributed by atoms with Crippen molar-refractivity contribution in [2.75, 3.05) is 5.32 Å². The molecule has 9 heteroatoms. The van der Waals surface area contributed by atoms with Gasteiger partial charge in [-0.25, -0.2) is 4.79 Å². The molecule has 0 atom stereocenters. The summed E-state index contributed by atoms with van der Waals surface area (Å²) in [5.74, 6) is -0.210. The SMILES string of the molecule is NS(=O)(=O)Oc1ccc2cc(-c3ccc(NC(=O)Cc4ccccc4)cc3)c(=O)oc2c1. The third-order valence-electron chi connectivity index (χ3n) is 4.61. The number of nitrogens with two attached hydrogens (primary N) is 1. The normalized spacial score (nSPS) is 11.3. The van der Waals surface area contributed by atoms with Crippen molar-refractivity contribution < 1.29 is 21.8 Å². The average molecular weight is 450 g/mol. The molecule has 0 unspecified atom stereocenters. The van der Waals surface area contributed by atoms with E-state index in [0.717, 1.165) is 5.56 Å². The van der Waals surface area contributed by atoms with Crippen molar-refractivity contribution in [3.05, 3.63) is 94.8 Å². The number of nitrogens with one attached hydrogen (secondary N) is 1. The Morgan fingerprint density at radius 3 is 2.38 bits per heavy atom. The van der Waals surface area contributed by atoms with Crippen LogP contribution in [0.2, 0.25) is 0 Å². The fourth-order valence-electron chi connectivity index (χ4n) is 3.20. The third-order valence-corrected chi connectivity index (χ3v) is 5.03. The molecule has 32 heavy (non-hydrogen) atoms. The molecule has 0 fully saturated rings. The van der Waals surface area contributed by atoms with Gasteiger partial charge < -0.3 is 13.9 Å². The fourth-order valence-corrected chi connectivity index (χ4v) is 3.57. The van der Waals surface area contributed by atoms with Crippen LogP contribution in [0.15, 0.2) is 88.1 Å². The molecule has 3 N–H and O–H groups in total. The van der Waals surface area contributed by atoms with Gasteiger partial charge in [0.15, 0.2) is 0 Å². The minimum atomic E-state index is -4.19. The van der Waals surface area contributed by atoms with Crippen LogP contribution in [0.4, 0.5) is 5.69 Å². The summed E-state index contributed by atoms with van der Waals surface area (Å²) in [7, 11) is -4.19. The van der Waals surface area contributed by atoms with Crippen molar-refractivity contribution in [2.24, 2.45) is 5.14 Å². The second kappa shape index (κ2) is 8.66. The van der Waals surface area contributed by atoms with Crippen molar-refractivity contribution in [1.29, 1.82) is 0 Å². The van der Waals surface area contributed by atoms with Crippen molar-refractivity contribution in [1.82, 2.24) is 0 Å². The van der Waals surface area contributed by atoms with E-state index in [2.05, 4.69) is 9.50 Å². The van der Waals surface area contributed by atoms with Gasteiger partial charge in [0.2, 0.25) is 5.91 Å². The zero-order valence-electron chi connectivity index (χ0n) is 16.6. The lowest BCUT2D eigenvalue weighted by molar-refractivity contribution is -0.115. The van der Waals surface area contributed by atoms with Crippen molar-refractivity contribution in [2.45, 2.75) is 6.42 Å². The minimum absolute atomic E-state index is 0.0634. The van der Waals surface area contributed by atoms with E-state index in [1.165, 1.54) is 12.1 Å². The summed E-state index contributed by atoms with van der Waals surface area (Å²) in [5.41, 5.74) is 1.99. The van der Waals surface area contributed by atoms with E-state index in [1.54, 1.807) is 36.4 Å². The van der Waals surface area contributed by atoms with Crippen LogP contribution in [0.3, 0.4) is 0 Å². The van der Waals surface area contributed by atoms with Gasteiger partial charge in [0.05, 0.1) is 12.0 Å². The van der Waals surface area contributed by atoms with Gasteiger partial charge in [0.25, 0.3) is 0 Å². The zero-order chi connectivity index (χ0) is 22.7. The molecule has 162 valence electrons. The highest BCUT2D eigenvalue weighted by Crippen LogP contribution is 2.25. The summed E-state index contributed by atoms with van der Waals surface area (Å²) in [5, 5.41) is 8.25. The van der Waals surface area contributed by atoms with Gasteiger partial charge in [-0.1, -0.05) is 42.5 Å². The first-order valence-electron chi connectivity index (χ1n) is 9.51. The Hall–Kier alpha value is -3.95. The van der Waals surface area contributed by atoms with Crippen LogP contribution >= 0.6 is 0 Å². The molecular formula is C23H18N2O6S. The number of benzene rings is 3. The zero-order valence-corrected chi connectivity index (χ0v) is 17.5. The Morgan fingerprint density at radius 1 is 0.969 bits per heavy atom. The maximum absolute atomic E-state index is 12.5. The van der Waals surface area contributed by atoms with E-state index < -0.39 is 15.9 Å². The molecule has 0 radical (unpaired) electrons. The Balaban J connectivity index is 1.53. The molecule has 1 heterocycles. The van der Waals surface area contributed by atoms with E-state index in [-0.39, 0.29) is 23.7 Å². The minimum Gasteiger partial charge on any atom is -0.422 e. The smallest absolute Gasteiger partial charge is 0.380 e. The monoisotopic (exact) mass is 450 g/mol. The topological polar surface area (TPSA) is 129 Å². The Labute approximate surface area is 183 Å². The number of carbonyl (C=O) groups is 1. The molecule has 0 saturated carbocycles. The van der Waals surface area contributed by atoms with Crippen molar-refractivity contribution in [3.8, 4) is 16.9 Å². The van der Waals surface area contributed by atoms with E-state index in [0.29, 0.717) is 22.2 Å². The molecule has 0 saturated heterocycles. The molecule has 4 aromatic rings. The van der Waals surface area contributed by atoms with E-state index in [9.17, 15) is 18.0 Å². The number of anilines is 1. The first-order chi connectivity index (χ1) is 15.3. The molecule has 4 rings (SSSR count). The van der Waals surface area contributed by atoms with Crippen LogP contribution in [0.5, 0.6) is 5.75 Å². The predicted molar refractivity (Wildman–Crippen MR) is 120 cm³/mol. The lowest BCUT2D eigenvalue weighted by atomic mass is 10.1. The Morgan fingerprint density at radius 2 is 1.69 bits per heavy atom. The molecule has 0 aliphatic rings. The summed E-state index contributed by atoms with van der Waals surface area (Å²) in [4.78, 5) is 24.7. The van der Waals surface area contributed by atoms with Gasteiger partial charge in [0, 0.05) is 17.1 Å². The molecule has 8 nitrogen and oxygen atoms in total. The molecule has 3 aromatic carbocycles. The average Bonchev–Trinajstić information content (AvgIpc) is 2.73. The molecular weight excluding hydrogens is 432 g/mol. The third kappa shape index (κ3) is 5.20. The van der Waals surface area contributed by atoms with Gasteiger partial charge in [-0.15, -0.1) is 0 Å². The van der Waals surface area contributed by atoms with Gasteiger partial charge in [-0.3, -0.25) is 4.79 Å². The van der Waals surface area contributed by atoms with E-state index in [4.69, 9.17) is 9.56 Å². The quantitative estimate of drug-likeness (QED) is 0.434. The van der Waals surface area contributed by atoms with Gasteiger partial charge >= 0.3 is 15.9 Å². The first-order valence-corrected chi connectivity index (χ1v) is 11.0. The standard InChI is InChI=1S/C23H18N2O6S/c24-32(28,29)31-19-11-8-17-13-20(23(27)30-21(17)14-19)16-6-9-18(10-7-16)25-22(26)12-15-4-2-1-3-5-15/h1-11,13-14H,12H2,(H,25,26)(H2,24,28,29). The summed E-state index contributed by atoms with van der Waals surface area (Å²) in [6.07, 6.45) is 0.258. The maximum atomic E-state index is 12.5. The number of fused-ring (bicyclic) bond motifs is 1. The summed E-state index contributed by atoms with van der Waals surface area (Å²) < 4.78 is 32.1. The summed E-state index contributed by atoms with van der Waals surface area (Å²) >= 11 is 0. The highest BCUT2D eigenvalue weighted by molar-refractivity contribution is 7.84. The highest BCUT2D eigenvalue weighted by Gasteiger charge is 2.11. The molecule has 0 spiro atoms. The summed E-state index contributed by atoms with van der Waals surface area (Å²) in [6.45, 7) is 0. The number of rotatable bonds is 6. The van der Waals surface area contributed by atoms with Crippen LogP contribution in [-0.4, -0.2) is 14.3 Å². The van der Waals surface area contributed by atoms with E-state index in [1.807, 2.05) is 30.3 Å². The lowest BCUT2D eigenvalue weighted by Crippen LogP contribution is -2.18. The molecule has 1 aromatic heterocycles. The molecule has 0 aliphatic carbocycles. The lowest BCUT2D eigenvalue weighted by Gasteiger charge is -2.08. The number of hydrogen-bond donors (Lipinski definition) is 2. The van der Waals surface area contributed by atoms with Crippen LogP contribution in [-0.2, 0) is 21.5 Å². The molecule has 0 aliphatic heterocycles.